The van der Waals surface area contributed by atoms with Gasteiger partial charge in [0.25, 0.3) is 0 Å². The van der Waals surface area contributed by atoms with Crippen molar-refractivity contribution in [3.8, 4) is 0 Å². The molecule has 3 fully saturated rings. The average Bonchev–Trinajstić information content (AvgIpc) is 2.85. The summed E-state index contributed by atoms with van der Waals surface area (Å²) in [6.07, 6.45) is 11.3. The zero-order valence-electron chi connectivity index (χ0n) is 14.9. The Morgan fingerprint density at radius 2 is 2.00 bits per heavy atom. The molecule has 2 heteroatoms. The first-order valence-corrected chi connectivity index (χ1v) is 9.55. The van der Waals surface area contributed by atoms with Gasteiger partial charge in [-0.15, -0.1) is 5.73 Å². The van der Waals surface area contributed by atoms with Crippen LogP contribution in [0, 0.1) is 34.5 Å². The van der Waals surface area contributed by atoms with E-state index in [9.17, 15) is 9.59 Å². The van der Waals surface area contributed by atoms with E-state index in [4.69, 9.17) is 0 Å². The first kappa shape index (κ1) is 16.1. The largest absolute Gasteiger partial charge is 0.299 e. The van der Waals surface area contributed by atoms with Crippen LogP contribution in [0.3, 0.4) is 0 Å². The second-order valence-electron chi connectivity index (χ2n) is 8.87. The number of Topliss-reactive ketones (excluding diaryl/α,β-unsaturated/α-hetero) is 2. The van der Waals surface area contributed by atoms with Crippen molar-refractivity contribution in [2.45, 2.75) is 58.8 Å². The SMILES string of the molecule is C=C=CC12C=C(C)C(=O)CC1CC[C@@H]1[C@@H]2CC[C@]2(C)C(=O)CC[C@@H]12. The molecule has 3 saturated carbocycles. The molecule has 4 rings (SSSR count). The van der Waals surface area contributed by atoms with Crippen molar-refractivity contribution in [2.75, 3.05) is 0 Å². The normalized spacial score (nSPS) is 47.2. The van der Waals surface area contributed by atoms with Crippen molar-refractivity contribution in [3.63, 3.8) is 0 Å². The number of allylic oxidation sites excluding steroid dienone is 3. The maximum Gasteiger partial charge on any atom is 0.158 e. The van der Waals surface area contributed by atoms with E-state index in [-0.39, 0.29) is 10.8 Å². The average molecular weight is 324 g/mol. The molecule has 0 bridgehead atoms. The monoisotopic (exact) mass is 324 g/mol. The van der Waals surface area contributed by atoms with E-state index in [2.05, 4.69) is 31.4 Å². The van der Waals surface area contributed by atoms with Crippen LogP contribution < -0.4 is 0 Å². The molecule has 128 valence electrons. The second kappa shape index (κ2) is 5.30. The van der Waals surface area contributed by atoms with E-state index < -0.39 is 0 Å². The third-order valence-electron chi connectivity index (χ3n) is 8.03. The van der Waals surface area contributed by atoms with Gasteiger partial charge in [-0.05, 0) is 74.3 Å². The van der Waals surface area contributed by atoms with Gasteiger partial charge in [-0.3, -0.25) is 9.59 Å². The number of carbonyl (C=O) groups is 2. The standard InChI is InChI=1S/C22H28O2/c1-4-10-22-13-14(2)19(23)12-15(22)5-6-16-17-7-8-20(24)21(17,3)11-9-18(16)22/h10,13,15-18H,1,5-9,11-12H2,2-3H3/t15?,16-,17-,18-,21-,22?/m0/s1. The third kappa shape index (κ3) is 1.96. The van der Waals surface area contributed by atoms with Crippen molar-refractivity contribution in [3.05, 3.63) is 30.0 Å². The molecule has 6 atom stereocenters. The molecule has 0 aliphatic heterocycles. The Balaban J connectivity index is 1.79. The zero-order chi connectivity index (χ0) is 17.1. The highest BCUT2D eigenvalue weighted by atomic mass is 16.1. The van der Waals surface area contributed by atoms with Crippen molar-refractivity contribution in [1.82, 2.24) is 0 Å². The predicted octanol–water partition coefficient (Wildman–Crippen LogP) is 4.65. The molecule has 0 amide bonds. The fourth-order valence-electron chi connectivity index (χ4n) is 6.82. The van der Waals surface area contributed by atoms with Gasteiger partial charge in [0.2, 0.25) is 0 Å². The third-order valence-corrected chi connectivity index (χ3v) is 8.03. The molecule has 0 saturated heterocycles. The van der Waals surface area contributed by atoms with Crippen LogP contribution in [0.25, 0.3) is 0 Å². The van der Waals surface area contributed by atoms with Gasteiger partial charge in [-0.1, -0.05) is 19.6 Å². The molecule has 0 N–H and O–H groups in total. The van der Waals surface area contributed by atoms with Gasteiger partial charge in [-0.25, -0.2) is 0 Å². The summed E-state index contributed by atoms with van der Waals surface area (Å²) >= 11 is 0. The Labute approximate surface area is 145 Å². The summed E-state index contributed by atoms with van der Waals surface area (Å²) in [4.78, 5) is 24.8. The number of hydrogen-bond donors (Lipinski definition) is 0. The Morgan fingerprint density at radius 1 is 1.21 bits per heavy atom. The molecular formula is C22H28O2. The van der Waals surface area contributed by atoms with Crippen molar-refractivity contribution in [1.29, 1.82) is 0 Å². The highest BCUT2D eigenvalue weighted by Crippen LogP contribution is 2.65. The highest BCUT2D eigenvalue weighted by molar-refractivity contribution is 5.96. The Morgan fingerprint density at radius 3 is 2.75 bits per heavy atom. The Hall–Kier alpha value is -1.40. The first-order valence-electron chi connectivity index (χ1n) is 9.55. The Kier molecular flexibility index (Phi) is 3.55. The van der Waals surface area contributed by atoms with E-state index in [1.807, 2.05) is 6.92 Å². The van der Waals surface area contributed by atoms with E-state index in [1.165, 1.54) is 6.42 Å². The van der Waals surface area contributed by atoms with Gasteiger partial charge in [0.1, 0.15) is 5.78 Å². The van der Waals surface area contributed by atoms with Gasteiger partial charge < -0.3 is 0 Å². The van der Waals surface area contributed by atoms with Crippen LogP contribution in [-0.4, -0.2) is 11.6 Å². The van der Waals surface area contributed by atoms with E-state index >= 15 is 0 Å². The zero-order valence-corrected chi connectivity index (χ0v) is 14.9. The van der Waals surface area contributed by atoms with E-state index in [0.29, 0.717) is 41.7 Å². The number of rotatable bonds is 1. The van der Waals surface area contributed by atoms with Crippen molar-refractivity contribution < 1.29 is 9.59 Å². The minimum atomic E-state index is -0.0870. The number of carbonyl (C=O) groups excluding carboxylic acids is 2. The topological polar surface area (TPSA) is 34.1 Å². The molecule has 24 heavy (non-hydrogen) atoms. The van der Waals surface area contributed by atoms with Crippen LogP contribution in [-0.2, 0) is 9.59 Å². The quantitative estimate of drug-likeness (QED) is 0.658. The lowest BCUT2D eigenvalue weighted by Gasteiger charge is -2.58. The molecule has 0 aromatic rings. The first-order chi connectivity index (χ1) is 11.4. The summed E-state index contributed by atoms with van der Waals surface area (Å²) in [7, 11) is 0. The fourth-order valence-corrected chi connectivity index (χ4v) is 6.82. The summed E-state index contributed by atoms with van der Waals surface area (Å²) in [5.41, 5.74) is 3.84. The molecule has 0 aromatic carbocycles. The highest BCUT2D eigenvalue weighted by Gasteiger charge is 2.60. The van der Waals surface area contributed by atoms with Crippen LogP contribution in [0.1, 0.15) is 58.8 Å². The van der Waals surface area contributed by atoms with Crippen LogP contribution in [0.15, 0.2) is 30.0 Å². The molecule has 4 aliphatic rings. The van der Waals surface area contributed by atoms with Crippen molar-refractivity contribution in [2.24, 2.45) is 34.5 Å². The smallest absolute Gasteiger partial charge is 0.158 e. The maximum atomic E-state index is 12.5. The van der Waals surface area contributed by atoms with E-state index in [0.717, 1.165) is 37.7 Å². The lowest BCUT2D eigenvalue weighted by atomic mass is 9.45. The lowest BCUT2D eigenvalue weighted by molar-refractivity contribution is -0.134. The summed E-state index contributed by atoms with van der Waals surface area (Å²) in [5.74, 6) is 2.87. The maximum absolute atomic E-state index is 12.5. The minimum Gasteiger partial charge on any atom is -0.299 e. The Bertz CT molecular complexity index is 680. The lowest BCUT2D eigenvalue weighted by Crippen LogP contribution is -2.53. The number of fused-ring (bicyclic) bond motifs is 5. The summed E-state index contributed by atoms with van der Waals surface area (Å²) < 4.78 is 0. The predicted molar refractivity (Wildman–Crippen MR) is 94.3 cm³/mol. The van der Waals surface area contributed by atoms with Gasteiger partial charge in [-0.2, -0.15) is 0 Å². The second-order valence-corrected chi connectivity index (χ2v) is 8.87. The van der Waals surface area contributed by atoms with Gasteiger partial charge in [0, 0.05) is 23.7 Å². The number of hydrogen-bond acceptors (Lipinski definition) is 2. The van der Waals surface area contributed by atoms with Gasteiger partial charge in [0.05, 0.1) is 0 Å². The van der Waals surface area contributed by atoms with Crippen LogP contribution in [0.2, 0.25) is 0 Å². The van der Waals surface area contributed by atoms with Crippen LogP contribution in [0.5, 0.6) is 0 Å². The molecule has 0 aromatic heterocycles. The molecule has 2 nitrogen and oxygen atoms in total. The minimum absolute atomic E-state index is 0.0599. The fraction of sp³-hybridized carbons (Fsp3) is 0.682. The van der Waals surface area contributed by atoms with Crippen molar-refractivity contribution >= 4 is 11.6 Å². The van der Waals surface area contributed by atoms with Gasteiger partial charge in [0.15, 0.2) is 5.78 Å². The molecule has 4 aliphatic carbocycles. The molecular weight excluding hydrogens is 296 g/mol. The summed E-state index contributed by atoms with van der Waals surface area (Å²) in [6, 6.07) is 0. The van der Waals surface area contributed by atoms with Crippen LogP contribution in [0.4, 0.5) is 0 Å². The molecule has 2 unspecified atom stereocenters. The molecule has 0 spiro atoms. The molecule has 0 radical (unpaired) electrons. The van der Waals surface area contributed by atoms with Gasteiger partial charge >= 0.3 is 0 Å². The van der Waals surface area contributed by atoms with Crippen LogP contribution >= 0.6 is 0 Å². The van der Waals surface area contributed by atoms with E-state index in [1.54, 1.807) is 0 Å². The summed E-state index contributed by atoms with van der Waals surface area (Å²) in [5, 5.41) is 0. The number of ketones is 2. The molecule has 0 heterocycles. The summed E-state index contributed by atoms with van der Waals surface area (Å²) in [6.45, 7) is 8.05.